The van der Waals surface area contributed by atoms with Crippen LogP contribution in [-0.4, -0.2) is 18.1 Å². The Bertz CT molecular complexity index is 785. The number of ether oxygens (including phenoxy) is 2. The third kappa shape index (κ3) is 3.90. The van der Waals surface area contributed by atoms with Crippen molar-refractivity contribution in [2.75, 3.05) is 6.61 Å². The van der Waals surface area contributed by atoms with E-state index in [1.165, 1.54) is 6.07 Å². The van der Waals surface area contributed by atoms with Crippen LogP contribution in [0.1, 0.15) is 25.0 Å². The normalized spacial score (nSPS) is 14.6. The second-order valence-electron chi connectivity index (χ2n) is 6.55. The van der Waals surface area contributed by atoms with Gasteiger partial charge in [-0.1, -0.05) is 18.2 Å². The summed E-state index contributed by atoms with van der Waals surface area (Å²) in [4.78, 5) is 11.9. The van der Waals surface area contributed by atoms with E-state index in [1.807, 2.05) is 26.0 Å². The van der Waals surface area contributed by atoms with Crippen LogP contribution in [0.5, 0.6) is 11.5 Å². The van der Waals surface area contributed by atoms with Crippen molar-refractivity contribution < 1.29 is 23.0 Å². The average molecular weight is 347 g/mol. The number of rotatable bonds is 5. The summed E-state index contributed by atoms with van der Waals surface area (Å²) in [6.07, 6.45) is 0.762. The monoisotopic (exact) mass is 347 g/mol. The van der Waals surface area contributed by atoms with E-state index in [4.69, 9.17) is 9.47 Å². The van der Waals surface area contributed by atoms with Crippen molar-refractivity contribution in [3.8, 4) is 11.5 Å². The van der Waals surface area contributed by atoms with Crippen molar-refractivity contribution in [3.63, 3.8) is 0 Å². The highest BCUT2D eigenvalue weighted by atomic mass is 19.1. The van der Waals surface area contributed by atoms with Crippen LogP contribution in [-0.2, 0) is 17.8 Å². The Hall–Kier alpha value is -2.63. The first-order chi connectivity index (χ1) is 11.9. The number of benzene rings is 2. The molecule has 1 N–H and O–H groups in total. The molecule has 132 valence electrons. The summed E-state index contributed by atoms with van der Waals surface area (Å²) in [6.45, 7) is 3.45. The Kier molecular flexibility index (Phi) is 4.61. The highest BCUT2D eigenvalue weighted by Crippen LogP contribution is 2.41. The summed E-state index contributed by atoms with van der Waals surface area (Å²) in [5, 5.41) is 2.45. The Balaban J connectivity index is 1.58. The topological polar surface area (TPSA) is 47.6 Å². The number of hydrogen-bond acceptors (Lipinski definition) is 3. The first-order valence-electron chi connectivity index (χ1n) is 7.99. The van der Waals surface area contributed by atoms with Gasteiger partial charge in [0.15, 0.2) is 18.1 Å². The van der Waals surface area contributed by atoms with E-state index in [9.17, 15) is 13.6 Å². The van der Waals surface area contributed by atoms with Gasteiger partial charge in [-0.25, -0.2) is 8.78 Å². The van der Waals surface area contributed by atoms with E-state index in [2.05, 4.69) is 5.32 Å². The van der Waals surface area contributed by atoms with Crippen molar-refractivity contribution in [1.29, 1.82) is 0 Å². The maximum atomic E-state index is 13.5. The maximum Gasteiger partial charge on any atom is 0.258 e. The molecule has 1 heterocycles. The summed E-state index contributed by atoms with van der Waals surface area (Å²) in [6, 6.07) is 9.09. The molecule has 0 bridgehead atoms. The quantitative estimate of drug-likeness (QED) is 0.902. The fourth-order valence-corrected chi connectivity index (χ4v) is 2.78. The van der Waals surface area contributed by atoms with Crippen LogP contribution in [0.15, 0.2) is 36.4 Å². The predicted octanol–water partition coefficient (Wildman–Crippen LogP) is 3.37. The zero-order valence-corrected chi connectivity index (χ0v) is 14.1. The summed E-state index contributed by atoms with van der Waals surface area (Å²) >= 11 is 0. The molecule has 0 saturated carbocycles. The molecule has 0 atom stereocenters. The van der Waals surface area contributed by atoms with Crippen molar-refractivity contribution in [2.24, 2.45) is 0 Å². The van der Waals surface area contributed by atoms with Crippen LogP contribution >= 0.6 is 0 Å². The van der Waals surface area contributed by atoms with E-state index in [1.54, 1.807) is 6.07 Å². The molecular formula is C19H19F2NO3. The van der Waals surface area contributed by atoms with Crippen LogP contribution < -0.4 is 14.8 Å². The fourth-order valence-electron chi connectivity index (χ4n) is 2.78. The van der Waals surface area contributed by atoms with Crippen molar-refractivity contribution in [1.82, 2.24) is 5.32 Å². The number of carbonyl (C=O) groups excluding carboxylic acids is 1. The molecule has 0 spiro atoms. The lowest BCUT2D eigenvalue weighted by molar-refractivity contribution is -0.123. The third-order valence-electron chi connectivity index (χ3n) is 3.94. The number of carbonyl (C=O) groups is 1. The Morgan fingerprint density at radius 1 is 1.20 bits per heavy atom. The summed E-state index contributed by atoms with van der Waals surface area (Å²) in [5.74, 6) is -0.747. The molecule has 0 fully saturated rings. The predicted molar refractivity (Wildman–Crippen MR) is 88.6 cm³/mol. The Morgan fingerprint density at radius 2 is 1.88 bits per heavy atom. The van der Waals surface area contributed by atoms with E-state index >= 15 is 0 Å². The first kappa shape index (κ1) is 17.2. The lowest BCUT2D eigenvalue weighted by Gasteiger charge is -2.18. The fraction of sp³-hybridized carbons (Fsp3) is 0.316. The highest BCUT2D eigenvalue weighted by molar-refractivity contribution is 5.77. The van der Waals surface area contributed by atoms with Gasteiger partial charge in [0.1, 0.15) is 17.2 Å². The first-order valence-corrected chi connectivity index (χ1v) is 7.99. The number of halogens is 2. The molecule has 1 aliphatic rings. The van der Waals surface area contributed by atoms with Crippen molar-refractivity contribution >= 4 is 5.91 Å². The van der Waals surface area contributed by atoms with Gasteiger partial charge in [-0.3, -0.25) is 4.79 Å². The molecule has 4 nitrogen and oxygen atoms in total. The van der Waals surface area contributed by atoms with Gasteiger partial charge in [-0.05, 0) is 32.0 Å². The van der Waals surface area contributed by atoms with Gasteiger partial charge < -0.3 is 14.8 Å². The zero-order chi connectivity index (χ0) is 18.0. The number of para-hydroxylation sites is 1. The third-order valence-corrected chi connectivity index (χ3v) is 3.94. The second kappa shape index (κ2) is 6.70. The van der Waals surface area contributed by atoms with Gasteiger partial charge in [0.05, 0.1) is 0 Å². The molecule has 6 heteroatoms. The van der Waals surface area contributed by atoms with Crippen LogP contribution in [0.4, 0.5) is 8.78 Å². The minimum Gasteiger partial charge on any atom is -0.483 e. The number of nitrogens with one attached hydrogen (secondary N) is 1. The number of amides is 1. The van der Waals surface area contributed by atoms with Gasteiger partial charge >= 0.3 is 0 Å². The second-order valence-corrected chi connectivity index (χ2v) is 6.55. The van der Waals surface area contributed by atoms with Gasteiger partial charge in [-0.2, -0.15) is 0 Å². The number of hydrogen-bond donors (Lipinski definition) is 1. The highest BCUT2D eigenvalue weighted by Gasteiger charge is 2.32. The van der Waals surface area contributed by atoms with Crippen molar-refractivity contribution in [3.05, 3.63) is 59.2 Å². The molecule has 0 aliphatic carbocycles. The minimum absolute atomic E-state index is 0.179. The van der Waals surface area contributed by atoms with E-state index < -0.39 is 17.5 Å². The smallest absolute Gasteiger partial charge is 0.258 e. The number of fused-ring (bicyclic) bond motifs is 1. The standard InChI is InChI=1S/C19H19F2NO3/c1-19(2)9-12-5-3-8-16(18(12)25-19)24-11-17(23)22-10-13-14(20)6-4-7-15(13)21/h3-8H,9-11H2,1-2H3,(H,22,23). The van der Waals surface area contributed by atoms with E-state index in [-0.39, 0.29) is 24.3 Å². The van der Waals surface area contributed by atoms with Crippen molar-refractivity contribution in [2.45, 2.75) is 32.4 Å². The molecule has 0 unspecified atom stereocenters. The largest absolute Gasteiger partial charge is 0.483 e. The van der Waals surface area contributed by atoms with Crippen LogP contribution in [0.25, 0.3) is 0 Å². The molecule has 2 aromatic rings. The summed E-state index contributed by atoms with van der Waals surface area (Å²) in [7, 11) is 0. The van der Waals surface area contributed by atoms with Crippen LogP contribution in [0.2, 0.25) is 0 Å². The lowest BCUT2D eigenvalue weighted by Crippen LogP contribution is -2.29. The molecule has 1 aliphatic heterocycles. The van der Waals surface area contributed by atoms with Crippen LogP contribution in [0, 0.1) is 11.6 Å². The molecular weight excluding hydrogens is 328 g/mol. The maximum absolute atomic E-state index is 13.5. The minimum atomic E-state index is -0.697. The van der Waals surface area contributed by atoms with E-state index in [0.717, 1.165) is 24.1 Å². The molecule has 0 aromatic heterocycles. The molecule has 3 rings (SSSR count). The molecule has 0 saturated heterocycles. The van der Waals surface area contributed by atoms with Gasteiger partial charge in [-0.15, -0.1) is 0 Å². The zero-order valence-electron chi connectivity index (χ0n) is 14.1. The van der Waals surface area contributed by atoms with Crippen LogP contribution in [0.3, 0.4) is 0 Å². The lowest BCUT2D eigenvalue weighted by atomic mass is 10.0. The summed E-state index contributed by atoms with van der Waals surface area (Å²) < 4.78 is 38.5. The molecule has 0 radical (unpaired) electrons. The summed E-state index contributed by atoms with van der Waals surface area (Å²) in [5.41, 5.74) is 0.532. The molecule has 25 heavy (non-hydrogen) atoms. The van der Waals surface area contributed by atoms with Gasteiger partial charge in [0.2, 0.25) is 0 Å². The Morgan fingerprint density at radius 3 is 2.60 bits per heavy atom. The Labute approximate surface area is 144 Å². The molecule has 1 amide bonds. The van der Waals surface area contributed by atoms with Gasteiger partial charge in [0, 0.05) is 24.1 Å². The SMILES string of the molecule is CC1(C)Cc2cccc(OCC(=O)NCc3c(F)cccc3F)c2O1. The van der Waals surface area contributed by atoms with Gasteiger partial charge in [0.25, 0.3) is 5.91 Å². The average Bonchev–Trinajstić information content (AvgIpc) is 2.86. The molecule has 2 aromatic carbocycles. The van der Waals surface area contributed by atoms with E-state index in [0.29, 0.717) is 11.5 Å².